The number of ether oxygens (including phenoxy) is 5. The molecule has 0 N–H and O–H groups in total. The van der Waals surface area contributed by atoms with Crippen LogP contribution in [0.2, 0.25) is 0 Å². The summed E-state index contributed by atoms with van der Waals surface area (Å²) in [5, 5.41) is 0. The summed E-state index contributed by atoms with van der Waals surface area (Å²) in [5.74, 6) is -1.07. The Kier molecular flexibility index (Phi) is 9.49. The quantitative estimate of drug-likeness (QED) is 0.210. The van der Waals surface area contributed by atoms with Crippen LogP contribution < -0.4 is 0 Å². The van der Waals surface area contributed by atoms with Gasteiger partial charge in [-0.25, -0.2) is 0 Å². The summed E-state index contributed by atoms with van der Waals surface area (Å²) in [6.07, 6.45) is -0.955. The van der Waals surface area contributed by atoms with E-state index in [1.54, 1.807) is 7.11 Å². The number of alkyl halides is 1. The Morgan fingerprint density at radius 1 is 0.735 bits per heavy atom. The maximum absolute atomic E-state index is 6.48. The SMILES string of the molecule is CO[C@@]1(COCc2ccccc2)O[C@H](CI)[C@@H](OCc2ccccc2)[C@@H]1OCc1ccccc1. The molecule has 0 radical (unpaired) electrons. The van der Waals surface area contributed by atoms with Crippen LogP contribution in [0.1, 0.15) is 16.7 Å². The van der Waals surface area contributed by atoms with E-state index in [2.05, 4.69) is 34.7 Å². The van der Waals surface area contributed by atoms with Crippen molar-refractivity contribution in [3.8, 4) is 0 Å². The average Bonchev–Trinajstić information content (AvgIpc) is 3.20. The number of benzene rings is 3. The maximum atomic E-state index is 6.48. The van der Waals surface area contributed by atoms with Crippen molar-refractivity contribution in [2.24, 2.45) is 0 Å². The van der Waals surface area contributed by atoms with Crippen molar-refractivity contribution >= 4 is 22.6 Å². The Labute approximate surface area is 215 Å². The van der Waals surface area contributed by atoms with E-state index in [-0.39, 0.29) is 18.8 Å². The van der Waals surface area contributed by atoms with Gasteiger partial charge in [-0.2, -0.15) is 0 Å². The molecule has 0 aliphatic carbocycles. The zero-order valence-electron chi connectivity index (χ0n) is 19.3. The van der Waals surface area contributed by atoms with Gasteiger partial charge in [0.1, 0.15) is 18.8 Å². The smallest absolute Gasteiger partial charge is 0.221 e. The molecule has 1 aliphatic rings. The second-order valence-electron chi connectivity index (χ2n) is 8.28. The highest BCUT2D eigenvalue weighted by Crippen LogP contribution is 2.38. The normalized spacial score (nSPS) is 24.4. The van der Waals surface area contributed by atoms with Crippen molar-refractivity contribution < 1.29 is 23.7 Å². The molecule has 4 rings (SSSR count). The molecule has 5 nitrogen and oxygen atoms in total. The lowest BCUT2D eigenvalue weighted by Gasteiger charge is -2.33. The second-order valence-corrected chi connectivity index (χ2v) is 9.16. The first-order valence-corrected chi connectivity index (χ1v) is 13.0. The van der Waals surface area contributed by atoms with E-state index in [0.717, 1.165) is 21.1 Å². The van der Waals surface area contributed by atoms with Gasteiger partial charge in [-0.1, -0.05) is 114 Å². The molecular weight excluding hydrogens is 543 g/mol. The summed E-state index contributed by atoms with van der Waals surface area (Å²) in [6.45, 7) is 1.59. The van der Waals surface area contributed by atoms with Gasteiger partial charge in [0.15, 0.2) is 0 Å². The van der Waals surface area contributed by atoms with Crippen LogP contribution in [0.4, 0.5) is 0 Å². The first kappa shape index (κ1) is 25.3. The van der Waals surface area contributed by atoms with Gasteiger partial charge in [-0.3, -0.25) is 0 Å². The van der Waals surface area contributed by atoms with Crippen molar-refractivity contribution in [2.45, 2.75) is 43.9 Å². The van der Waals surface area contributed by atoms with E-state index >= 15 is 0 Å². The number of rotatable bonds is 12. The van der Waals surface area contributed by atoms with Crippen LogP contribution in [0, 0.1) is 0 Å². The summed E-state index contributed by atoms with van der Waals surface area (Å²) in [4.78, 5) is 0. The minimum atomic E-state index is -1.07. The maximum Gasteiger partial charge on any atom is 0.221 e. The van der Waals surface area contributed by atoms with Crippen LogP contribution in [-0.4, -0.2) is 42.2 Å². The van der Waals surface area contributed by atoms with Crippen molar-refractivity contribution in [1.29, 1.82) is 0 Å². The van der Waals surface area contributed by atoms with Gasteiger partial charge in [0.2, 0.25) is 5.79 Å². The average molecular weight is 574 g/mol. The summed E-state index contributed by atoms with van der Waals surface area (Å²) < 4.78 is 32.2. The van der Waals surface area contributed by atoms with Crippen LogP contribution in [0.5, 0.6) is 0 Å². The molecule has 0 spiro atoms. The summed E-state index contributed by atoms with van der Waals surface area (Å²) >= 11 is 2.33. The van der Waals surface area contributed by atoms with Gasteiger partial charge >= 0.3 is 0 Å². The Balaban J connectivity index is 1.52. The zero-order valence-corrected chi connectivity index (χ0v) is 21.5. The molecule has 0 saturated carbocycles. The standard InChI is InChI=1S/C28H31IO5/c1-30-28(21-31-18-22-11-5-2-6-12-22)27(33-20-24-15-9-4-10-16-24)26(25(17-29)34-28)32-19-23-13-7-3-8-14-23/h2-16,25-27H,17-21H2,1H3/t25-,26-,27+,28+/m1/s1. The fourth-order valence-electron chi connectivity index (χ4n) is 4.12. The van der Waals surface area contributed by atoms with E-state index in [9.17, 15) is 0 Å². The van der Waals surface area contributed by atoms with Crippen molar-refractivity contribution in [1.82, 2.24) is 0 Å². The fourth-order valence-corrected chi connectivity index (χ4v) is 4.80. The zero-order chi connectivity index (χ0) is 23.6. The Morgan fingerprint density at radius 3 is 1.74 bits per heavy atom. The first-order valence-electron chi connectivity index (χ1n) is 11.5. The van der Waals surface area contributed by atoms with Crippen LogP contribution >= 0.6 is 22.6 Å². The molecule has 180 valence electrons. The molecule has 34 heavy (non-hydrogen) atoms. The van der Waals surface area contributed by atoms with Crippen LogP contribution in [0.25, 0.3) is 0 Å². The molecule has 6 heteroatoms. The van der Waals surface area contributed by atoms with Gasteiger partial charge in [0.25, 0.3) is 0 Å². The van der Waals surface area contributed by atoms with Crippen molar-refractivity contribution in [3.63, 3.8) is 0 Å². The van der Waals surface area contributed by atoms with Crippen molar-refractivity contribution in [3.05, 3.63) is 108 Å². The minimum absolute atomic E-state index is 0.189. The van der Waals surface area contributed by atoms with E-state index in [4.69, 9.17) is 23.7 Å². The summed E-state index contributed by atoms with van der Waals surface area (Å²) in [6, 6.07) is 30.3. The molecule has 1 heterocycles. The minimum Gasteiger partial charge on any atom is -0.371 e. The molecule has 0 bridgehead atoms. The van der Waals surface area contributed by atoms with Gasteiger partial charge in [-0.15, -0.1) is 0 Å². The van der Waals surface area contributed by atoms with Gasteiger partial charge in [0.05, 0.1) is 25.9 Å². The molecule has 3 aromatic carbocycles. The molecule has 1 saturated heterocycles. The van der Waals surface area contributed by atoms with Crippen molar-refractivity contribution in [2.75, 3.05) is 18.1 Å². The lowest BCUT2D eigenvalue weighted by Crippen LogP contribution is -2.50. The molecule has 3 aromatic rings. The second kappa shape index (κ2) is 12.8. The summed E-state index contributed by atoms with van der Waals surface area (Å²) in [5.41, 5.74) is 3.28. The van der Waals surface area contributed by atoms with Gasteiger partial charge < -0.3 is 23.7 Å². The van der Waals surface area contributed by atoms with Gasteiger partial charge in [0, 0.05) is 11.5 Å². The fraction of sp³-hybridized carbons (Fsp3) is 0.357. The predicted octanol–water partition coefficient (Wildman–Crippen LogP) is 5.55. The molecule has 0 unspecified atom stereocenters. The molecule has 1 aliphatic heterocycles. The van der Waals surface area contributed by atoms with Gasteiger partial charge in [-0.05, 0) is 16.7 Å². The molecule has 0 amide bonds. The third-order valence-corrected chi connectivity index (χ3v) is 6.79. The largest absolute Gasteiger partial charge is 0.371 e. The number of methoxy groups -OCH3 is 1. The van der Waals surface area contributed by atoms with E-state index in [1.807, 2.05) is 78.9 Å². The predicted molar refractivity (Wildman–Crippen MR) is 140 cm³/mol. The molecule has 1 fully saturated rings. The Hall–Kier alpha value is -1.81. The lowest BCUT2D eigenvalue weighted by molar-refractivity contribution is -0.277. The lowest BCUT2D eigenvalue weighted by atomic mass is 10.0. The highest BCUT2D eigenvalue weighted by atomic mass is 127. The van der Waals surface area contributed by atoms with Crippen LogP contribution in [-0.2, 0) is 43.5 Å². The molecule has 0 aromatic heterocycles. The summed E-state index contributed by atoms with van der Waals surface area (Å²) in [7, 11) is 1.65. The highest BCUT2D eigenvalue weighted by Gasteiger charge is 2.57. The number of halogens is 1. The first-order chi connectivity index (χ1) is 16.7. The topological polar surface area (TPSA) is 46.2 Å². The third kappa shape index (κ3) is 6.44. The highest BCUT2D eigenvalue weighted by molar-refractivity contribution is 14.1. The Bertz CT molecular complexity index is 972. The number of hydrogen-bond acceptors (Lipinski definition) is 5. The third-order valence-electron chi connectivity index (χ3n) is 5.92. The molecule has 4 atom stereocenters. The Morgan fingerprint density at radius 2 is 1.24 bits per heavy atom. The van der Waals surface area contributed by atoms with E-state index < -0.39 is 11.9 Å². The number of hydrogen-bond donors (Lipinski definition) is 0. The van der Waals surface area contributed by atoms with E-state index in [0.29, 0.717) is 19.8 Å². The van der Waals surface area contributed by atoms with Crippen LogP contribution in [0.15, 0.2) is 91.0 Å². The molecular formula is C28H31IO5. The van der Waals surface area contributed by atoms with Crippen LogP contribution in [0.3, 0.4) is 0 Å². The van der Waals surface area contributed by atoms with E-state index in [1.165, 1.54) is 0 Å². The monoisotopic (exact) mass is 574 g/mol.